The van der Waals surface area contributed by atoms with Crippen LogP contribution in [0.3, 0.4) is 0 Å². The zero-order valence-electron chi connectivity index (χ0n) is 21.7. The average molecular weight is 638 g/mol. The molecule has 2 aromatic rings. The van der Waals surface area contributed by atoms with Gasteiger partial charge < -0.3 is 4.90 Å². The summed E-state index contributed by atoms with van der Waals surface area (Å²) in [5, 5.41) is 0. The van der Waals surface area contributed by atoms with Gasteiger partial charge in [0, 0.05) is 12.1 Å². The number of benzene rings is 2. The number of rotatable bonds is 4. The van der Waals surface area contributed by atoms with E-state index in [0.29, 0.717) is 24.8 Å². The van der Waals surface area contributed by atoms with Crippen LogP contribution >= 0.6 is 0 Å². The average Bonchev–Trinajstić information content (AvgIpc) is 3.27. The molecule has 0 N–H and O–H groups in total. The highest BCUT2D eigenvalue weighted by Gasteiger charge is 2.74. The van der Waals surface area contributed by atoms with Gasteiger partial charge in [0.2, 0.25) is 5.91 Å². The first-order valence-corrected chi connectivity index (χ1v) is 13.8. The Bertz CT molecular complexity index is 1480. The number of carbonyl (C=O) groups is 1. The maximum Gasteiger partial charge on any atom is 0.435 e. The maximum absolute atomic E-state index is 14.9. The lowest BCUT2D eigenvalue weighted by molar-refractivity contribution is -0.348. The molecule has 1 amide bonds. The largest absolute Gasteiger partial charge is 0.435 e. The van der Waals surface area contributed by atoms with Crippen LogP contribution in [-0.2, 0) is 31.5 Å². The van der Waals surface area contributed by atoms with Crippen LogP contribution in [-0.4, -0.2) is 50.3 Å². The lowest BCUT2D eigenvalue weighted by atomic mass is 9.76. The van der Waals surface area contributed by atoms with E-state index in [1.807, 2.05) is 0 Å². The van der Waals surface area contributed by atoms with Crippen LogP contribution in [0, 0.1) is 11.2 Å². The smallest absolute Gasteiger partial charge is 0.337 e. The van der Waals surface area contributed by atoms with Crippen molar-refractivity contribution in [3.8, 4) is 0 Å². The van der Waals surface area contributed by atoms with Crippen molar-refractivity contribution in [2.45, 2.75) is 73.0 Å². The van der Waals surface area contributed by atoms with Crippen LogP contribution in [0.1, 0.15) is 43.4 Å². The van der Waals surface area contributed by atoms with E-state index in [0.717, 1.165) is 24.3 Å². The van der Waals surface area contributed by atoms with Crippen LogP contribution in [0.25, 0.3) is 0 Å². The summed E-state index contributed by atoms with van der Waals surface area (Å²) in [4.78, 5) is 13.3. The fourth-order valence-electron chi connectivity index (χ4n) is 5.78. The molecule has 232 valence electrons. The van der Waals surface area contributed by atoms with Gasteiger partial charge in [-0.3, -0.25) is 4.79 Å². The summed E-state index contributed by atoms with van der Waals surface area (Å²) in [6.45, 7) is 0.604. The highest BCUT2D eigenvalue weighted by Crippen LogP contribution is 2.57. The van der Waals surface area contributed by atoms with Crippen LogP contribution in [0.5, 0.6) is 0 Å². The van der Waals surface area contributed by atoms with Gasteiger partial charge in [-0.25, -0.2) is 17.2 Å². The van der Waals surface area contributed by atoms with Gasteiger partial charge in [-0.2, -0.15) is 39.5 Å². The second kappa shape index (κ2) is 9.55. The SMILES string of the molecule is CC(C)(C(=O)N1CC[C@@]2(S(=O)(=O)c3ccc(F)cc3)c3ccc(C(F)(C(F)(F)F)C(F)(F)F)cc3CC[C@@H]12)C(F)(F)F. The topological polar surface area (TPSA) is 54.5 Å². The van der Waals surface area contributed by atoms with E-state index in [-0.39, 0.29) is 12.1 Å². The Morgan fingerprint density at radius 2 is 1.40 bits per heavy atom. The van der Waals surface area contributed by atoms with E-state index in [4.69, 9.17) is 0 Å². The summed E-state index contributed by atoms with van der Waals surface area (Å²) >= 11 is 0. The third-order valence-corrected chi connectivity index (χ3v) is 10.7. The second-order valence-electron chi connectivity index (χ2n) is 10.8. The van der Waals surface area contributed by atoms with Crippen molar-refractivity contribution in [2.24, 2.45) is 5.41 Å². The van der Waals surface area contributed by atoms with Gasteiger partial charge in [-0.1, -0.05) is 18.2 Å². The van der Waals surface area contributed by atoms with Crippen molar-refractivity contribution in [2.75, 3.05) is 6.54 Å². The molecule has 1 fully saturated rings. The van der Waals surface area contributed by atoms with Crippen molar-refractivity contribution < 1.29 is 61.5 Å². The second-order valence-corrected chi connectivity index (χ2v) is 13.0. The van der Waals surface area contributed by atoms with Gasteiger partial charge in [-0.05, 0) is 68.5 Å². The standard InChI is InChI=1S/C26H22F11NO3S/c1-21(2,24(29,30)31)20(39)38-12-11-22(42(40,41)17-7-5-16(27)6-8-17)18-9-4-15(13-14(18)3-10-19(22)38)23(28,25(32,33)34)26(35,36)37/h4-9,13,19H,3,10-12H2,1-2H3/t19-,22-/m1/s1. The third-order valence-electron chi connectivity index (χ3n) is 8.17. The number of hydrogen-bond acceptors (Lipinski definition) is 3. The van der Waals surface area contributed by atoms with Crippen LogP contribution in [0.4, 0.5) is 48.3 Å². The molecule has 1 aliphatic carbocycles. The van der Waals surface area contributed by atoms with Crippen LogP contribution < -0.4 is 0 Å². The summed E-state index contributed by atoms with van der Waals surface area (Å²) in [6, 6.07) is 2.62. The number of halogens is 11. The Labute approximate surface area is 232 Å². The molecule has 2 aliphatic rings. The Morgan fingerprint density at radius 3 is 1.90 bits per heavy atom. The summed E-state index contributed by atoms with van der Waals surface area (Å²) in [6.07, 6.45) is -19.5. The Morgan fingerprint density at radius 1 is 0.857 bits per heavy atom. The molecule has 42 heavy (non-hydrogen) atoms. The molecule has 0 radical (unpaired) electrons. The molecule has 16 heteroatoms. The van der Waals surface area contributed by atoms with Gasteiger partial charge in [0.05, 0.1) is 10.9 Å². The summed E-state index contributed by atoms with van der Waals surface area (Å²) in [7, 11) is -4.82. The molecule has 1 saturated heterocycles. The van der Waals surface area contributed by atoms with Crippen molar-refractivity contribution in [3.05, 3.63) is 65.0 Å². The van der Waals surface area contributed by atoms with E-state index in [1.165, 1.54) is 0 Å². The number of hydrogen-bond donors (Lipinski definition) is 0. The van der Waals surface area contributed by atoms with Gasteiger partial charge in [0.1, 0.15) is 16.0 Å². The molecule has 0 spiro atoms. The first-order chi connectivity index (χ1) is 18.9. The molecule has 4 nitrogen and oxygen atoms in total. The zero-order chi connectivity index (χ0) is 31.9. The predicted octanol–water partition coefficient (Wildman–Crippen LogP) is 6.92. The molecule has 0 bridgehead atoms. The van der Waals surface area contributed by atoms with E-state index in [2.05, 4.69) is 0 Å². The highest BCUT2D eigenvalue weighted by atomic mass is 32.2. The van der Waals surface area contributed by atoms with Crippen LogP contribution in [0.15, 0.2) is 47.4 Å². The summed E-state index contributed by atoms with van der Waals surface area (Å²) in [5.74, 6) is -2.35. The Balaban J connectivity index is 1.97. The Kier molecular flexibility index (Phi) is 7.28. The van der Waals surface area contributed by atoms with Crippen molar-refractivity contribution in [1.82, 2.24) is 4.90 Å². The number of nitrogens with zero attached hydrogens (tertiary/aromatic N) is 1. The van der Waals surface area contributed by atoms with Gasteiger partial charge in [-0.15, -0.1) is 0 Å². The molecule has 2 atom stereocenters. The van der Waals surface area contributed by atoms with E-state index in [9.17, 15) is 61.5 Å². The minimum absolute atomic E-state index is 0.133. The van der Waals surface area contributed by atoms with Gasteiger partial charge in [0.15, 0.2) is 9.84 Å². The van der Waals surface area contributed by atoms with Crippen LogP contribution in [0.2, 0.25) is 0 Å². The lowest BCUT2D eigenvalue weighted by Gasteiger charge is -2.44. The lowest BCUT2D eigenvalue weighted by Crippen LogP contribution is -2.56. The molecule has 0 saturated carbocycles. The zero-order valence-corrected chi connectivity index (χ0v) is 22.5. The summed E-state index contributed by atoms with van der Waals surface area (Å²) < 4.78 is 176. The highest BCUT2D eigenvalue weighted by molar-refractivity contribution is 7.92. The molecule has 0 unspecified atom stereocenters. The number of sulfone groups is 1. The minimum Gasteiger partial charge on any atom is -0.337 e. The number of likely N-dealkylation sites (tertiary alicyclic amines) is 1. The van der Waals surface area contributed by atoms with Crippen molar-refractivity contribution in [1.29, 1.82) is 0 Å². The molecular weight excluding hydrogens is 615 g/mol. The normalized spacial score (nSPS) is 22.1. The molecule has 4 rings (SSSR count). The summed E-state index contributed by atoms with van der Waals surface area (Å²) in [5.41, 5.74) is -11.5. The molecule has 1 aliphatic heterocycles. The molecule has 1 heterocycles. The minimum atomic E-state index is -6.45. The van der Waals surface area contributed by atoms with Crippen molar-refractivity contribution >= 4 is 15.7 Å². The molecule has 2 aromatic carbocycles. The monoisotopic (exact) mass is 637 g/mol. The number of amides is 1. The fourth-order valence-corrected chi connectivity index (χ4v) is 8.14. The quantitative estimate of drug-likeness (QED) is 0.270. The number of carbonyl (C=O) groups excluding carboxylic acids is 1. The van der Waals surface area contributed by atoms with Gasteiger partial charge >= 0.3 is 24.2 Å². The van der Waals surface area contributed by atoms with Crippen molar-refractivity contribution in [3.63, 3.8) is 0 Å². The first-order valence-electron chi connectivity index (χ1n) is 12.3. The predicted molar refractivity (Wildman–Crippen MR) is 125 cm³/mol. The maximum atomic E-state index is 14.9. The van der Waals surface area contributed by atoms with E-state index in [1.54, 1.807) is 0 Å². The van der Waals surface area contributed by atoms with E-state index >= 15 is 0 Å². The van der Waals surface area contributed by atoms with Gasteiger partial charge in [0.25, 0.3) is 0 Å². The Hall–Kier alpha value is -2.91. The molecular formula is C26H22F11NO3S. The number of alkyl halides is 10. The number of aryl methyl sites for hydroxylation is 1. The molecule has 0 aromatic heterocycles. The number of fused-ring (bicyclic) bond motifs is 3. The fraction of sp³-hybridized carbons (Fsp3) is 0.500. The van der Waals surface area contributed by atoms with E-state index < -0.39 is 109 Å². The first kappa shape index (κ1) is 32.0. The third kappa shape index (κ3) is 4.37.